The molecule has 7 heteroatoms. The molecule has 29 heavy (non-hydrogen) atoms. The summed E-state index contributed by atoms with van der Waals surface area (Å²) in [6.07, 6.45) is 0.188. The Bertz CT molecular complexity index is 1010. The smallest absolute Gasteiger partial charge is 0.294 e. The van der Waals surface area contributed by atoms with E-state index in [1.165, 1.54) is 4.90 Å². The van der Waals surface area contributed by atoms with Gasteiger partial charge >= 0.3 is 0 Å². The number of ketones is 1. The van der Waals surface area contributed by atoms with Gasteiger partial charge in [0.05, 0.1) is 11.6 Å². The predicted molar refractivity (Wildman–Crippen MR) is 109 cm³/mol. The van der Waals surface area contributed by atoms with Crippen LogP contribution in [0.5, 0.6) is 11.5 Å². The molecule has 0 fully saturated rings. The Morgan fingerprint density at radius 1 is 1.14 bits per heavy atom. The van der Waals surface area contributed by atoms with E-state index >= 15 is 0 Å². The fourth-order valence-electron chi connectivity index (χ4n) is 3.65. The first-order valence-corrected chi connectivity index (χ1v) is 9.39. The van der Waals surface area contributed by atoms with Crippen LogP contribution in [-0.4, -0.2) is 37.7 Å². The number of benzene rings is 2. The molecule has 7 nitrogen and oxygen atoms in total. The van der Waals surface area contributed by atoms with Crippen molar-refractivity contribution in [3.05, 3.63) is 59.4 Å². The number of hydrogen-bond donors (Lipinski definition) is 1. The lowest BCUT2D eigenvalue weighted by atomic mass is 9.94. The number of fused-ring (bicyclic) bond motifs is 1. The van der Waals surface area contributed by atoms with Crippen LogP contribution in [0.25, 0.3) is 0 Å². The molecule has 1 N–H and O–H groups in total. The number of aliphatic hydroxyl groups excluding tert-OH is 1. The number of hydrogen-bond acceptors (Lipinski definition) is 6. The fraction of sp³-hybridized carbons (Fsp3) is 0.273. The standard InChI is InChI=1S/C22H22N2O5/c1-4-16(25)19-20(13-5-7-14(8-6-13)23(2)3)24(22(27)21(19)26)15-9-10-17-18(11-15)29-12-28-17/h5-11,20,26H,4,12H2,1-3H3. The highest BCUT2D eigenvalue weighted by molar-refractivity contribution is 6.16. The van der Waals surface area contributed by atoms with Crippen molar-refractivity contribution in [2.45, 2.75) is 19.4 Å². The van der Waals surface area contributed by atoms with Crippen molar-refractivity contribution >= 4 is 23.1 Å². The number of nitrogens with zero attached hydrogens (tertiary/aromatic N) is 2. The maximum atomic E-state index is 13.0. The molecule has 2 heterocycles. The number of anilines is 2. The van der Waals surface area contributed by atoms with Gasteiger partial charge in [0.25, 0.3) is 5.91 Å². The summed E-state index contributed by atoms with van der Waals surface area (Å²) >= 11 is 0. The third kappa shape index (κ3) is 3.08. The third-order valence-electron chi connectivity index (χ3n) is 5.19. The molecule has 0 aliphatic carbocycles. The average Bonchev–Trinajstić information content (AvgIpc) is 3.29. The highest BCUT2D eigenvalue weighted by Gasteiger charge is 2.44. The second kappa shape index (κ2) is 7.16. The van der Waals surface area contributed by atoms with E-state index in [9.17, 15) is 14.7 Å². The minimum Gasteiger partial charge on any atom is -0.503 e. The molecule has 1 unspecified atom stereocenters. The minimum absolute atomic E-state index is 0.116. The summed E-state index contributed by atoms with van der Waals surface area (Å²) in [6.45, 7) is 1.83. The molecule has 0 radical (unpaired) electrons. The van der Waals surface area contributed by atoms with Gasteiger partial charge in [-0.25, -0.2) is 0 Å². The van der Waals surface area contributed by atoms with Crippen LogP contribution < -0.4 is 19.3 Å². The number of amides is 1. The van der Waals surface area contributed by atoms with Crippen molar-refractivity contribution in [3.8, 4) is 11.5 Å². The van der Waals surface area contributed by atoms with Crippen molar-refractivity contribution in [2.24, 2.45) is 0 Å². The van der Waals surface area contributed by atoms with Crippen molar-refractivity contribution in [2.75, 3.05) is 30.7 Å². The van der Waals surface area contributed by atoms with Crippen LogP contribution in [0.1, 0.15) is 24.9 Å². The monoisotopic (exact) mass is 394 g/mol. The highest BCUT2D eigenvalue weighted by atomic mass is 16.7. The highest BCUT2D eigenvalue weighted by Crippen LogP contribution is 2.44. The summed E-state index contributed by atoms with van der Waals surface area (Å²) in [7, 11) is 3.87. The average molecular weight is 394 g/mol. The molecule has 0 saturated heterocycles. The summed E-state index contributed by atoms with van der Waals surface area (Å²) in [4.78, 5) is 29.0. The molecule has 0 bridgehead atoms. The van der Waals surface area contributed by atoms with E-state index in [0.29, 0.717) is 17.2 Å². The molecule has 150 valence electrons. The Kier molecular flexibility index (Phi) is 4.66. The van der Waals surface area contributed by atoms with Gasteiger partial charge in [0.2, 0.25) is 6.79 Å². The first-order valence-electron chi connectivity index (χ1n) is 9.39. The Balaban J connectivity index is 1.83. The van der Waals surface area contributed by atoms with E-state index < -0.39 is 17.7 Å². The second-order valence-corrected chi connectivity index (χ2v) is 7.14. The van der Waals surface area contributed by atoms with E-state index in [1.54, 1.807) is 25.1 Å². The minimum atomic E-state index is -0.716. The Labute approximate surface area is 168 Å². The van der Waals surface area contributed by atoms with Gasteiger partial charge in [-0.2, -0.15) is 0 Å². The van der Waals surface area contributed by atoms with Gasteiger partial charge in [-0.1, -0.05) is 19.1 Å². The Morgan fingerprint density at radius 3 is 2.48 bits per heavy atom. The van der Waals surface area contributed by atoms with Crippen LogP contribution in [0.2, 0.25) is 0 Å². The molecule has 2 aliphatic heterocycles. The van der Waals surface area contributed by atoms with Gasteiger partial charge in [0.15, 0.2) is 23.0 Å². The second-order valence-electron chi connectivity index (χ2n) is 7.14. The first-order chi connectivity index (χ1) is 13.9. The molecule has 1 amide bonds. The van der Waals surface area contributed by atoms with Gasteiger partial charge in [0.1, 0.15) is 0 Å². The van der Waals surface area contributed by atoms with Crippen LogP contribution in [0.15, 0.2) is 53.8 Å². The molecule has 1 atom stereocenters. The van der Waals surface area contributed by atoms with E-state index in [2.05, 4.69) is 0 Å². The normalized spacial score (nSPS) is 17.8. The number of Topliss-reactive ketones (excluding diaryl/α,β-unsaturated/α-hetero) is 1. The summed E-state index contributed by atoms with van der Waals surface area (Å²) in [5.74, 6) is -0.264. The Morgan fingerprint density at radius 2 is 1.83 bits per heavy atom. The zero-order valence-electron chi connectivity index (χ0n) is 16.5. The van der Waals surface area contributed by atoms with Crippen LogP contribution in [-0.2, 0) is 9.59 Å². The molecule has 0 aromatic heterocycles. The van der Waals surface area contributed by atoms with Gasteiger partial charge < -0.3 is 19.5 Å². The van der Waals surface area contributed by atoms with Crippen LogP contribution in [0.4, 0.5) is 11.4 Å². The number of ether oxygens (including phenoxy) is 2. The lowest BCUT2D eigenvalue weighted by Gasteiger charge is -2.27. The maximum Gasteiger partial charge on any atom is 0.294 e. The summed E-state index contributed by atoms with van der Waals surface area (Å²) in [5, 5.41) is 10.6. The SMILES string of the molecule is CCC(=O)C1=C(O)C(=O)N(c2ccc3c(c2)OCO3)C1c1ccc(N(C)C)cc1. The number of aliphatic hydroxyl groups is 1. The summed E-state index contributed by atoms with van der Waals surface area (Å²) in [6, 6.07) is 12.0. The van der Waals surface area contributed by atoms with Gasteiger partial charge in [0, 0.05) is 38.0 Å². The van der Waals surface area contributed by atoms with E-state index in [1.807, 2.05) is 43.3 Å². The number of carbonyl (C=O) groups is 2. The van der Waals surface area contributed by atoms with Crippen molar-refractivity contribution in [1.82, 2.24) is 0 Å². The van der Waals surface area contributed by atoms with Gasteiger partial charge in [-0.05, 0) is 29.8 Å². The molecule has 0 saturated carbocycles. The molecule has 2 aromatic rings. The Hall–Kier alpha value is -3.48. The van der Waals surface area contributed by atoms with E-state index in [-0.39, 0.29) is 24.6 Å². The molecule has 2 aromatic carbocycles. The van der Waals surface area contributed by atoms with Crippen molar-refractivity contribution < 1.29 is 24.2 Å². The fourth-order valence-corrected chi connectivity index (χ4v) is 3.65. The van der Waals surface area contributed by atoms with E-state index in [0.717, 1.165) is 11.3 Å². The zero-order chi connectivity index (χ0) is 20.7. The third-order valence-corrected chi connectivity index (χ3v) is 5.19. The van der Waals surface area contributed by atoms with Gasteiger partial charge in [-0.3, -0.25) is 14.5 Å². The topological polar surface area (TPSA) is 79.3 Å². The first kappa shape index (κ1) is 18.9. The van der Waals surface area contributed by atoms with Gasteiger partial charge in [-0.15, -0.1) is 0 Å². The van der Waals surface area contributed by atoms with Crippen molar-refractivity contribution in [1.29, 1.82) is 0 Å². The molecule has 2 aliphatic rings. The molecule has 0 spiro atoms. The molecular formula is C22H22N2O5. The van der Waals surface area contributed by atoms with E-state index in [4.69, 9.17) is 9.47 Å². The number of rotatable bonds is 5. The maximum absolute atomic E-state index is 13.0. The quantitative estimate of drug-likeness (QED) is 0.838. The van der Waals surface area contributed by atoms with Crippen LogP contribution in [0, 0.1) is 0 Å². The van der Waals surface area contributed by atoms with Crippen molar-refractivity contribution in [3.63, 3.8) is 0 Å². The molecular weight excluding hydrogens is 372 g/mol. The summed E-state index contributed by atoms with van der Waals surface area (Å²) < 4.78 is 10.8. The largest absolute Gasteiger partial charge is 0.503 e. The van der Waals surface area contributed by atoms with Crippen LogP contribution in [0.3, 0.4) is 0 Å². The lowest BCUT2D eigenvalue weighted by molar-refractivity contribution is -0.118. The summed E-state index contributed by atoms with van der Waals surface area (Å²) in [5.41, 5.74) is 2.37. The zero-order valence-corrected chi connectivity index (χ0v) is 16.5. The predicted octanol–water partition coefficient (Wildman–Crippen LogP) is 3.36. The van der Waals surface area contributed by atoms with Crippen LogP contribution >= 0.6 is 0 Å². The molecule has 4 rings (SSSR count). The lowest BCUT2D eigenvalue weighted by Crippen LogP contribution is -2.31. The number of carbonyl (C=O) groups excluding carboxylic acids is 2.